The summed E-state index contributed by atoms with van der Waals surface area (Å²) in [6.45, 7) is 18.1. The van der Waals surface area contributed by atoms with Gasteiger partial charge in [-0.25, -0.2) is 14.4 Å². The third kappa shape index (κ3) is 19.1. The SMILES string of the molecule is CC(C)(C)OC(=O)N[C@H](Cc1ccc(C#N)cc1)C(=O)O.CN1CCN(C(=O)[C@@H](Cc2ccc(C#N)cc2)NC(=O)OC(C)(C)C)CC1.CN1CCNCC1. The summed E-state index contributed by atoms with van der Waals surface area (Å²) in [4.78, 5) is 54.4. The highest BCUT2D eigenvalue weighted by molar-refractivity contribution is 5.86. The van der Waals surface area contributed by atoms with Gasteiger partial charge < -0.3 is 45.2 Å². The number of hydrogen-bond donors (Lipinski definition) is 4. The van der Waals surface area contributed by atoms with E-state index in [1.807, 2.05) is 13.1 Å². The molecule has 2 atom stereocenters. The molecule has 55 heavy (non-hydrogen) atoms. The average molecular weight is 763 g/mol. The van der Waals surface area contributed by atoms with Crippen LogP contribution in [0.15, 0.2) is 48.5 Å². The number of piperazine rings is 2. The van der Waals surface area contributed by atoms with E-state index in [2.05, 4.69) is 38.9 Å². The molecule has 0 aliphatic carbocycles. The van der Waals surface area contributed by atoms with Gasteiger partial charge in [-0.15, -0.1) is 0 Å². The molecule has 300 valence electrons. The number of ether oxygens (including phenoxy) is 2. The Labute approximate surface area is 325 Å². The molecule has 2 aliphatic rings. The van der Waals surface area contributed by atoms with E-state index in [0.29, 0.717) is 36.2 Å². The van der Waals surface area contributed by atoms with Crippen LogP contribution in [-0.4, -0.2) is 134 Å². The first kappa shape index (κ1) is 45.9. The Bertz CT molecular complexity index is 1610. The van der Waals surface area contributed by atoms with Gasteiger partial charge >= 0.3 is 18.2 Å². The molecule has 0 spiro atoms. The van der Waals surface area contributed by atoms with E-state index in [9.17, 15) is 19.2 Å². The molecule has 2 saturated heterocycles. The van der Waals surface area contributed by atoms with Crippen LogP contribution in [0, 0.1) is 22.7 Å². The first-order valence-electron chi connectivity index (χ1n) is 18.3. The van der Waals surface area contributed by atoms with Crippen LogP contribution in [0.2, 0.25) is 0 Å². The van der Waals surface area contributed by atoms with Gasteiger partial charge in [0.25, 0.3) is 0 Å². The van der Waals surface area contributed by atoms with Gasteiger partial charge in [-0.05, 0) is 91.0 Å². The average Bonchev–Trinajstić information content (AvgIpc) is 3.11. The Balaban J connectivity index is 0.000000329. The molecule has 0 radical (unpaired) electrons. The van der Waals surface area contributed by atoms with Gasteiger partial charge in [-0.2, -0.15) is 10.5 Å². The Kier molecular flexibility index (Phi) is 18.6. The number of hydrogen-bond acceptors (Lipinski definition) is 11. The number of nitrogens with one attached hydrogen (secondary N) is 3. The van der Waals surface area contributed by atoms with Crippen molar-refractivity contribution in [1.29, 1.82) is 10.5 Å². The normalized spacial score (nSPS) is 15.9. The van der Waals surface area contributed by atoms with Crippen LogP contribution in [-0.2, 0) is 31.9 Å². The number of carboxylic acid groups (broad SMARTS) is 1. The van der Waals surface area contributed by atoms with Crippen molar-refractivity contribution in [3.63, 3.8) is 0 Å². The molecule has 0 bridgehead atoms. The van der Waals surface area contributed by atoms with Crippen molar-refractivity contribution >= 4 is 24.1 Å². The molecular weight excluding hydrogens is 704 g/mol. The van der Waals surface area contributed by atoms with Crippen LogP contribution >= 0.6 is 0 Å². The summed E-state index contributed by atoms with van der Waals surface area (Å²) in [6.07, 6.45) is -0.927. The lowest BCUT2D eigenvalue weighted by Gasteiger charge is -2.35. The largest absolute Gasteiger partial charge is 0.480 e. The number of nitrogens with zero attached hydrogens (tertiary/aromatic N) is 5. The molecule has 4 N–H and O–H groups in total. The van der Waals surface area contributed by atoms with Gasteiger partial charge in [0, 0.05) is 65.2 Å². The molecule has 2 fully saturated rings. The van der Waals surface area contributed by atoms with E-state index in [1.165, 1.54) is 13.1 Å². The number of nitriles is 2. The molecule has 2 aromatic rings. The molecule has 2 heterocycles. The third-order valence-electron chi connectivity index (χ3n) is 8.18. The van der Waals surface area contributed by atoms with E-state index in [4.69, 9.17) is 25.1 Å². The number of amides is 3. The van der Waals surface area contributed by atoms with Crippen molar-refractivity contribution in [2.45, 2.75) is 77.7 Å². The van der Waals surface area contributed by atoms with Crippen molar-refractivity contribution in [1.82, 2.24) is 30.7 Å². The van der Waals surface area contributed by atoms with Crippen molar-refractivity contribution in [2.24, 2.45) is 0 Å². The van der Waals surface area contributed by atoms with Crippen molar-refractivity contribution in [2.75, 3.05) is 66.5 Å². The number of benzene rings is 2. The lowest BCUT2D eigenvalue weighted by atomic mass is 10.0. The fraction of sp³-hybridized carbons (Fsp3) is 0.550. The Morgan fingerprint density at radius 1 is 0.691 bits per heavy atom. The maximum atomic E-state index is 13.0. The highest BCUT2D eigenvalue weighted by Gasteiger charge is 2.30. The van der Waals surface area contributed by atoms with Crippen LogP contribution in [0.5, 0.6) is 0 Å². The highest BCUT2D eigenvalue weighted by atomic mass is 16.6. The maximum absolute atomic E-state index is 13.0. The summed E-state index contributed by atoms with van der Waals surface area (Å²) in [5.74, 6) is -1.26. The molecule has 15 heteroatoms. The van der Waals surface area contributed by atoms with Gasteiger partial charge in [0.05, 0.1) is 23.3 Å². The van der Waals surface area contributed by atoms with Crippen molar-refractivity contribution < 1.29 is 33.8 Å². The lowest BCUT2D eigenvalue weighted by molar-refractivity contribution is -0.139. The zero-order valence-electron chi connectivity index (χ0n) is 33.5. The summed E-state index contributed by atoms with van der Waals surface area (Å²) < 4.78 is 10.4. The number of rotatable bonds is 8. The number of aliphatic carboxylic acids is 1. The Morgan fingerprint density at radius 2 is 1.07 bits per heavy atom. The van der Waals surface area contributed by atoms with E-state index in [-0.39, 0.29) is 12.3 Å². The minimum absolute atomic E-state index is 0.111. The molecule has 0 saturated carbocycles. The van der Waals surface area contributed by atoms with Gasteiger partial charge in [0.2, 0.25) is 5.91 Å². The summed E-state index contributed by atoms with van der Waals surface area (Å²) in [6, 6.07) is 15.8. The molecule has 0 aromatic heterocycles. The molecule has 2 aromatic carbocycles. The molecule has 2 aliphatic heterocycles. The zero-order valence-corrected chi connectivity index (χ0v) is 33.5. The molecule has 4 rings (SSSR count). The summed E-state index contributed by atoms with van der Waals surface area (Å²) >= 11 is 0. The number of carbonyl (C=O) groups is 4. The second-order valence-electron chi connectivity index (χ2n) is 15.4. The Hall–Kier alpha value is -5.22. The lowest BCUT2D eigenvalue weighted by Crippen LogP contribution is -2.55. The minimum atomic E-state index is -1.15. The van der Waals surface area contributed by atoms with Crippen LogP contribution in [0.25, 0.3) is 0 Å². The predicted octanol–water partition coefficient (Wildman–Crippen LogP) is 3.37. The highest BCUT2D eigenvalue weighted by Crippen LogP contribution is 2.13. The number of alkyl carbamates (subject to hydrolysis) is 2. The zero-order chi connectivity index (χ0) is 41.2. The molecule has 0 unspecified atom stereocenters. The summed E-state index contributed by atoms with van der Waals surface area (Å²) in [7, 11) is 4.18. The van der Waals surface area contributed by atoms with Crippen molar-refractivity contribution in [3.8, 4) is 12.1 Å². The first-order valence-corrected chi connectivity index (χ1v) is 18.3. The van der Waals surface area contributed by atoms with Crippen LogP contribution in [0.3, 0.4) is 0 Å². The first-order chi connectivity index (χ1) is 25.8. The fourth-order valence-corrected chi connectivity index (χ4v) is 5.23. The minimum Gasteiger partial charge on any atom is -0.480 e. The van der Waals surface area contributed by atoms with Crippen LogP contribution in [0.4, 0.5) is 9.59 Å². The number of likely N-dealkylation sites (N-methyl/N-ethyl adjacent to an activating group) is 2. The van der Waals surface area contributed by atoms with E-state index < -0.39 is 41.4 Å². The van der Waals surface area contributed by atoms with Crippen LogP contribution in [0.1, 0.15) is 63.8 Å². The van der Waals surface area contributed by atoms with E-state index >= 15 is 0 Å². The second kappa shape index (κ2) is 22.2. The number of carboxylic acids is 1. The van der Waals surface area contributed by atoms with Crippen molar-refractivity contribution in [3.05, 3.63) is 70.8 Å². The Morgan fingerprint density at radius 3 is 1.42 bits per heavy atom. The third-order valence-corrected chi connectivity index (χ3v) is 8.18. The van der Waals surface area contributed by atoms with Gasteiger partial charge in [-0.1, -0.05) is 24.3 Å². The molecular formula is C40H58N8O7. The van der Waals surface area contributed by atoms with Gasteiger partial charge in [0.1, 0.15) is 23.3 Å². The van der Waals surface area contributed by atoms with Crippen LogP contribution < -0.4 is 16.0 Å². The topological polar surface area (TPSA) is 200 Å². The van der Waals surface area contributed by atoms with E-state index in [1.54, 1.807) is 95.0 Å². The number of carbonyl (C=O) groups excluding carboxylic acids is 3. The fourth-order valence-electron chi connectivity index (χ4n) is 5.23. The predicted molar refractivity (Wildman–Crippen MR) is 208 cm³/mol. The molecule has 15 nitrogen and oxygen atoms in total. The van der Waals surface area contributed by atoms with Gasteiger partial charge in [-0.3, -0.25) is 4.79 Å². The monoisotopic (exact) mass is 762 g/mol. The van der Waals surface area contributed by atoms with Gasteiger partial charge in [0.15, 0.2) is 0 Å². The quantitative estimate of drug-likeness (QED) is 0.306. The maximum Gasteiger partial charge on any atom is 0.408 e. The summed E-state index contributed by atoms with van der Waals surface area (Å²) in [5, 5.41) is 35.1. The smallest absolute Gasteiger partial charge is 0.408 e. The summed E-state index contributed by atoms with van der Waals surface area (Å²) in [5.41, 5.74) is 1.29. The standard InChI is InChI=1S/C20H28N4O3.C15H18N2O4.C5H12N2/c1-20(2,3)27-19(26)22-17(13-15-5-7-16(14-21)8-6-15)18(25)24-11-9-23(4)10-12-24;1-15(2,3)21-14(20)17-12(13(18)19)8-10-4-6-11(9-16)7-5-10;1-7-4-2-6-3-5-7/h5-8,17H,9-13H2,1-4H3,(H,22,26);4-7,12H,8H2,1-3H3,(H,17,20)(H,18,19);6H,2-5H2,1H3/t17-;12-;/m11./s1. The second-order valence-corrected chi connectivity index (χ2v) is 15.4. The molecule has 3 amide bonds. The van der Waals surface area contributed by atoms with E-state index in [0.717, 1.165) is 31.7 Å².